The number of nitrogens with one attached hydrogen (secondary N) is 2. The Morgan fingerprint density at radius 2 is 1.95 bits per heavy atom. The van der Waals surface area contributed by atoms with Crippen LogP contribution in [0.1, 0.15) is 16.1 Å². The van der Waals surface area contributed by atoms with Crippen molar-refractivity contribution in [2.75, 3.05) is 0 Å². The van der Waals surface area contributed by atoms with Crippen molar-refractivity contribution in [2.24, 2.45) is 0 Å². The summed E-state index contributed by atoms with van der Waals surface area (Å²) in [5, 5.41) is 10.3. The third-order valence-electron chi connectivity index (χ3n) is 3.12. The molecule has 0 saturated heterocycles. The lowest BCUT2D eigenvalue weighted by Gasteiger charge is -2.03. The van der Waals surface area contributed by atoms with Gasteiger partial charge in [-0.1, -0.05) is 29.8 Å². The standard InChI is InChI=1S/C16H13ClN4O/c17-12-6-4-11(5-7-12)10-19-16(22)15-9-14(20-21-15)13-3-1-2-8-18-13/h1-9H,10H2,(H,19,22)(H,20,21). The number of hydrogen-bond donors (Lipinski definition) is 2. The summed E-state index contributed by atoms with van der Waals surface area (Å²) >= 11 is 5.82. The van der Waals surface area contributed by atoms with Crippen molar-refractivity contribution < 1.29 is 4.79 Å². The van der Waals surface area contributed by atoms with Crippen LogP contribution >= 0.6 is 11.6 Å². The third-order valence-corrected chi connectivity index (χ3v) is 3.37. The average Bonchev–Trinajstić information content (AvgIpc) is 3.05. The van der Waals surface area contributed by atoms with E-state index in [-0.39, 0.29) is 5.91 Å². The number of benzene rings is 1. The Kier molecular flexibility index (Phi) is 4.16. The lowest BCUT2D eigenvalue weighted by molar-refractivity contribution is 0.0946. The molecule has 1 amide bonds. The van der Waals surface area contributed by atoms with E-state index >= 15 is 0 Å². The number of rotatable bonds is 4. The van der Waals surface area contributed by atoms with Gasteiger partial charge in [0, 0.05) is 17.8 Å². The van der Waals surface area contributed by atoms with Crippen LogP contribution in [0.4, 0.5) is 0 Å². The molecule has 5 nitrogen and oxygen atoms in total. The number of H-pyrrole nitrogens is 1. The molecule has 0 unspecified atom stereocenters. The predicted octanol–water partition coefficient (Wildman–Crippen LogP) is 3.06. The summed E-state index contributed by atoms with van der Waals surface area (Å²) in [5.74, 6) is -0.218. The summed E-state index contributed by atoms with van der Waals surface area (Å²) in [6.45, 7) is 0.425. The maximum atomic E-state index is 12.1. The number of carbonyl (C=O) groups is 1. The summed E-state index contributed by atoms with van der Waals surface area (Å²) in [7, 11) is 0. The van der Waals surface area contributed by atoms with Gasteiger partial charge in [0.2, 0.25) is 0 Å². The van der Waals surface area contributed by atoms with Gasteiger partial charge in [-0.15, -0.1) is 0 Å². The molecule has 0 bridgehead atoms. The molecular formula is C16H13ClN4O. The molecule has 0 saturated carbocycles. The Labute approximate surface area is 132 Å². The largest absolute Gasteiger partial charge is 0.347 e. The number of hydrogen-bond acceptors (Lipinski definition) is 3. The number of carbonyl (C=O) groups excluding carboxylic acids is 1. The Hall–Kier alpha value is -2.66. The van der Waals surface area contributed by atoms with Crippen LogP contribution in [0.2, 0.25) is 5.02 Å². The average molecular weight is 313 g/mol. The second kappa shape index (κ2) is 6.41. The van der Waals surface area contributed by atoms with E-state index < -0.39 is 0 Å². The molecule has 3 aromatic rings. The zero-order valence-corrected chi connectivity index (χ0v) is 12.3. The fourth-order valence-electron chi connectivity index (χ4n) is 1.96. The lowest BCUT2D eigenvalue weighted by Crippen LogP contribution is -2.23. The van der Waals surface area contributed by atoms with Gasteiger partial charge in [-0.05, 0) is 35.9 Å². The molecule has 1 aromatic carbocycles. The first-order valence-corrected chi connectivity index (χ1v) is 7.09. The summed E-state index contributed by atoms with van der Waals surface area (Å²) in [6, 6.07) is 14.5. The molecule has 0 aliphatic rings. The highest BCUT2D eigenvalue weighted by atomic mass is 35.5. The molecule has 2 aromatic heterocycles. The molecule has 0 atom stereocenters. The first-order chi connectivity index (χ1) is 10.7. The Balaban J connectivity index is 1.66. The molecule has 22 heavy (non-hydrogen) atoms. The van der Waals surface area contributed by atoms with E-state index in [1.807, 2.05) is 30.3 Å². The van der Waals surface area contributed by atoms with Gasteiger partial charge in [-0.2, -0.15) is 5.10 Å². The maximum absolute atomic E-state index is 12.1. The Morgan fingerprint density at radius 3 is 2.68 bits per heavy atom. The molecule has 0 aliphatic heterocycles. The SMILES string of the molecule is O=C(NCc1ccc(Cl)cc1)c1cc(-c2ccccn2)n[nH]1. The molecular weight excluding hydrogens is 300 g/mol. The first kappa shape index (κ1) is 14.3. The van der Waals surface area contributed by atoms with E-state index in [0.29, 0.717) is 23.0 Å². The number of aromatic nitrogens is 3. The Morgan fingerprint density at radius 1 is 1.14 bits per heavy atom. The van der Waals surface area contributed by atoms with Crippen LogP contribution in [-0.2, 0) is 6.54 Å². The number of nitrogens with zero attached hydrogens (tertiary/aromatic N) is 2. The fraction of sp³-hybridized carbons (Fsp3) is 0.0625. The first-order valence-electron chi connectivity index (χ1n) is 6.72. The van der Waals surface area contributed by atoms with Crippen molar-refractivity contribution in [3.05, 3.63) is 71.0 Å². The molecule has 6 heteroatoms. The number of halogens is 1. The smallest absolute Gasteiger partial charge is 0.269 e. The number of aromatic amines is 1. The summed E-state index contributed by atoms with van der Waals surface area (Å²) in [5.41, 5.74) is 2.73. The van der Waals surface area contributed by atoms with Crippen molar-refractivity contribution in [3.63, 3.8) is 0 Å². The van der Waals surface area contributed by atoms with Gasteiger partial charge in [-0.3, -0.25) is 14.9 Å². The molecule has 0 fully saturated rings. The van der Waals surface area contributed by atoms with Crippen molar-refractivity contribution >= 4 is 17.5 Å². The van der Waals surface area contributed by atoms with Gasteiger partial charge in [0.25, 0.3) is 5.91 Å². The summed E-state index contributed by atoms with van der Waals surface area (Å²) in [6.07, 6.45) is 1.68. The van der Waals surface area contributed by atoms with Crippen molar-refractivity contribution in [1.29, 1.82) is 0 Å². The van der Waals surface area contributed by atoms with E-state index in [1.54, 1.807) is 24.4 Å². The van der Waals surface area contributed by atoms with Gasteiger partial charge >= 0.3 is 0 Å². The molecule has 3 rings (SSSR count). The van der Waals surface area contributed by atoms with Crippen LogP contribution in [0.25, 0.3) is 11.4 Å². The van der Waals surface area contributed by atoms with Crippen LogP contribution < -0.4 is 5.32 Å². The predicted molar refractivity (Wildman–Crippen MR) is 84.4 cm³/mol. The van der Waals surface area contributed by atoms with Crippen LogP contribution in [0, 0.1) is 0 Å². The molecule has 0 aliphatic carbocycles. The second-order valence-electron chi connectivity index (χ2n) is 4.69. The van der Waals surface area contributed by atoms with Gasteiger partial charge < -0.3 is 5.32 Å². The van der Waals surface area contributed by atoms with Gasteiger partial charge in [-0.25, -0.2) is 0 Å². The van der Waals surface area contributed by atoms with Crippen LogP contribution in [0.3, 0.4) is 0 Å². The zero-order valence-electron chi connectivity index (χ0n) is 11.6. The molecule has 2 heterocycles. The second-order valence-corrected chi connectivity index (χ2v) is 5.13. The molecule has 110 valence electrons. The normalized spacial score (nSPS) is 10.4. The van der Waals surface area contributed by atoms with Crippen molar-refractivity contribution in [3.8, 4) is 11.4 Å². The monoisotopic (exact) mass is 312 g/mol. The topological polar surface area (TPSA) is 70.7 Å². The van der Waals surface area contributed by atoms with Crippen molar-refractivity contribution in [1.82, 2.24) is 20.5 Å². The van der Waals surface area contributed by atoms with Crippen LogP contribution in [0.5, 0.6) is 0 Å². The van der Waals surface area contributed by atoms with Gasteiger partial charge in [0.15, 0.2) is 0 Å². The van der Waals surface area contributed by atoms with E-state index in [4.69, 9.17) is 11.6 Å². The minimum Gasteiger partial charge on any atom is -0.347 e. The fourth-order valence-corrected chi connectivity index (χ4v) is 2.09. The number of amides is 1. The van der Waals surface area contributed by atoms with Crippen LogP contribution in [-0.4, -0.2) is 21.1 Å². The highest BCUT2D eigenvalue weighted by molar-refractivity contribution is 6.30. The van der Waals surface area contributed by atoms with Crippen LogP contribution in [0.15, 0.2) is 54.7 Å². The van der Waals surface area contributed by atoms with E-state index in [2.05, 4.69) is 20.5 Å². The quantitative estimate of drug-likeness (QED) is 0.778. The minimum absolute atomic E-state index is 0.218. The number of pyridine rings is 1. The highest BCUT2D eigenvalue weighted by Crippen LogP contribution is 2.14. The van der Waals surface area contributed by atoms with E-state index in [1.165, 1.54) is 0 Å². The highest BCUT2D eigenvalue weighted by Gasteiger charge is 2.11. The minimum atomic E-state index is -0.218. The molecule has 0 radical (unpaired) electrons. The summed E-state index contributed by atoms with van der Waals surface area (Å²) < 4.78 is 0. The Bertz CT molecular complexity index is 768. The van der Waals surface area contributed by atoms with Gasteiger partial charge in [0.1, 0.15) is 11.4 Å². The van der Waals surface area contributed by atoms with E-state index in [9.17, 15) is 4.79 Å². The molecule has 2 N–H and O–H groups in total. The molecule has 0 spiro atoms. The lowest BCUT2D eigenvalue weighted by atomic mass is 10.2. The maximum Gasteiger partial charge on any atom is 0.269 e. The van der Waals surface area contributed by atoms with Gasteiger partial charge in [0.05, 0.1) is 5.69 Å². The summed E-state index contributed by atoms with van der Waals surface area (Å²) in [4.78, 5) is 16.3. The van der Waals surface area contributed by atoms with Crippen molar-refractivity contribution in [2.45, 2.75) is 6.54 Å². The van der Waals surface area contributed by atoms with E-state index in [0.717, 1.165) is 11.3 Å². The third kappa shape index (κ3) is 3.32. The zero-order chi connectivity index (χ0) is 15.4.